The Hall–Kier alpha value is -1.92. The molecule has 0 unspecified atom stereocenters. The maximum atomic E-state index is 12.1. The average Bonchev–Trinajstić information content (AvgIpc) is 2.89. The first kappa shape index (κ1) is 13.1. The summed E-state index contributed by atoms with van der Waals surface area (Å²) in [7, 11) is 0. The van der Waals surface area contributed by atoms with E-state index in [9.17, 15) is 4.79 Å². The Labute approximate surface area is 121 Å². The van der Waals surface area contributed by atoms with Crippen molar-refractivity contribution in [2.45, 2.75) is 25.7 Å². The molecule has 104 valence electrons. The lowest BCUT2D eigenvalue weighted by atomic mass is 10.0. The van der Waals surface area contributed by atoms with Crippen LogP contribution < -0.4 is 16.6 Å². The number of benzene rings is 1. The molecule has 6 heteroatoms. The van der Waals surface area contributed by atoms with Crippen LogP contribution in [-0.2, 0) is 12.8 Å². The minimum atomic E-state index is -0.139. The van der Waals surface area contributed by atoms with Gasteiger partial charge in [-0.15, -0.1) is 11.3 Å². The van der Waals surface area contributed by atoms with Gasteiger partial charge in [-0.05, 0) is 49.9 Å². The standard InChI is InChI=1S/C14H16N4OS/c15-18-10-7-5-9(6-8-10)13(19)17-14-16-11-3-1-2-4-12(11)20-14/h5-8,18H,1-4,15H2,(H,16,17,19). The normalized spacial score (nSPS) is 13.7. The molecular formula is C14H16N4OS. The van der Waals surface area contributed by atoms with E-state index in [0.717, 1.165) is 24.2 Å². The number of carbonyl (C=O) groups excluding carboxylic acids is 1. The van der Waals surface area contributed by atoms with Gasteiger partial charge < -0.3 is 5.43 Å². The molecule has 1 amide bonds. The van der Waals surface area contributed by atoms with Crippen LogP contribution in [0.15, 0.2) is 24.3 Å². The largest absolute Gasteiger partial charge is 0.324 e. The number of amides is 1. The number of nitrogens with one attached hydrogen (secondary N) is 2. The molecule has 0 saturated carbocycles. The summed E-state index contributed by atoms with van der Waals surface area (Å²) in [6.07, 6.45) is 4.52. The summed E-state index contributed by atoms with van der Waals surface area (Å²) < 4.78 is 0. The number of fused-ring (bicyclic) bond motifs is 1. The van der Waals surface area contributed by atoms with Crippen molar-refractivity contribution in [2.24, 2.45) is 5.84 Å². The highest BCUT2D eigenvalue weighted by molar-refractivity contribution is 7.15. The fourth-order valence-electron chi connectivity index (χ4n) is 2.29. The maximum Gasteiger partial charge on any atom is 0.257 e. The number of aryl methyl sites for hydroxylation is 2. The summed E-state index contributed by atoms with van der Waals surface area (Å²) in [5.41, 5.74) is 5.05. The molecule has 1 aliphatic rings. The Bertz CT molecular complexity index is 597. The molecule has 1 heterocycles. The highest BCUT2D eigenvalue weighted by atomic mass is 32.1. The summed E-state index contributed by atoms with van der Waals surface area (Å²) in [6, 6.07) is 7.00. The van der Waals surface area contributed by atoms with Crippen LogP contribution in [0.1, 0.15) is 33.8 Å². The molecule has 1 aromatic carbocycles. The van der Waals surface area contributed by atoms with E-state index in [2.05, 4.69) is 15.7 Å². The zero-order chi connectivity index (χ0) is 13.9. The van der Waals surface area contributed by atoms with Crippen molar-refractivity contribution in [2.75, 3.05) is 10.7 Å². The fourth-order valence-corrected chi connectivity index (χ4v) is 3.34. The Morgan fingerprint density at radius 2 is 1.95 bits per heavy atom. The molecule has 1 aliphatic carbocycles. The van der Waals surface area contributed by atoms with E-state index in [1.807, 2.05) is 0 Å². The average molecular weight is 288 g/mol. The molecule has 4 N–H and O–H groups in total. The number of carbonyl (C=O) groups is 1. The van der Waals surface area contributed by atoms with Crippen LogP contribution in [0.5, 0.6) is 0 Å². The van der Waals surface area contributed by atoms with Gasteiger partial charge in [0.25, 0.3) is 5.91 Å². The molecule has 1 aromatic heterocycles. The zero-order valence-electron chi connectivity index (χ0n) is 11.0. The first-order valence-electron chi connectivity index (χ1n) is 6.63. The number of nitrogens with two attached hydrogens (primary N) is 1. The van der Waals surface area contributed by atoms with Crippen molar-refractivity contribution in [3.05, 3.63) is 40.4 Å². The maximum absolute atomic E-state index is 12.1. The van der Waals surface area contributed by atoms with E-state index in [1.165, 1.54) is 17.7 Å². The second-order valence-corrected chi connectivity index (χ2v) is 5.86. The number of nitrogen functional groups attached to an aromatic ring is 1. The predicted molar refractivity (Wildman–Crippen MR) is 81.0 cm³/mol. The summed E-state index contributed by atoms with van der Waals surface area (Å²) in [4.78, 5) is 17.9. The van der Waals surface area contributed by atoms with E-state index < -0.39 is 0 Å². The number of thiazole rings is 1. The summed E-state index contributed by atoms with van der Waals surface area (Å²) >= 11 is 1.59. The minimum absolute atomic E-state index is 0.139. The van der Waals surface area contributed by atoms with E-state index >= 15 is 0 Å². The second-order valence-electron chi connectivity index (χ2n) is 4.77. The third-order valence-electron chi connectivity index (χ3n) is 3.38. The Morgan fingerprint density at radius 1 is 1.20 bits per heavy atom. The smallest absolute Gasteiger partial charge is 0.257 e. The van der Waals surface area contributed by atoms with Gasteiger partial charge in [-0.1, -0.05) is 0 Å². The molecule has 0 radical (unpaired) electrons. The number of hydrazine groups is 1. The van der Waals surface area contributed by atoms with Gasteiger partial charge in [-0.25, -0.2) is 4.98 Å². The number of anilines is 2. The van der Waals surface area contributed by atoms with Crippen LogP contribution >= 0.6 is 11.3 Å². The number of hydrogen-bond acceptors (Lipinski definition) is 5. The number of aromatic nitrogens is 1. The summed E-state index contributed by atoms with van der Waals surface area (Å²) in [5.74, 6) is 5.16. The number of hydrogen-bond donors (Lipinski definition) is 3. The van der Waals surface area contributed by atoms with Crippen molar-refractivity contribution in [3.8, 4) is 0 Å². The lowest BCUT2D eigenvalue weighted by Crippen LogP contribution is -2.12. The van der Waals surface area contributed by atoms with Crippen LogP contribution in [0.2, 0.25) is 0 Å². The lowest BCUT2D eigenvalue weighted by Gasteiger charge is -2.06. The number of rotatable bonds is 3. The van der Waals surface area contributed by atoms with Crippen LogP contribution in [0.3, 0.4) is 0 Å². The van der Waals surface area contributed by atoms with E-state index in [4.69, 9.17) is 5.84 Å². The van der Waals surface area contributed by atoms with Gasteiger partial charge in [0.2, 0.25) is 0 Å². The number of nitrogens with zero attached hydrogens (tertiary/aromatic N) is 1. The van der Waals surface area contributed by atoms with Crippen molar-refractivity contribution >= 4 is 28.1 Å². The SMILES string of the molecule is NNc1ccc(C(=O)Nc2nc3c(s2)CCCC3)cc1. The molecule has 3 rings (SSSR count). The van der Waals surface area contributed by atoms with Gasteiger partial charge in [-0.2, -0.15) is 0 Å². The Kier molecular flexibility index (Phi) is 3.66. The van der Waals surface area contributed by atoms with Crippen LogP contribution in [0.4, 0.5) is 10.8 Å². The molecule has 0 saturated heterocycles. The molecule has 0 aliphatic heterocycles. The minimum Gasteiger partial charge on any atom is -0.324 e. The molecular weight excluding hydrogens is 272 g/mol. The van der Waals surface area contributed by atoms with E-state index in [0.29, 0.717) is 10.7 Å². The molecule has 2 aromatic rings. The lowest BCUT2D eigenvalue weighted by molar-refractivity contribution is 0.102. The fraction of sp³-hybridized carbons (Fsp3) is 0.286. The highest BCUT2D eigenvalue weighted by Gasteiger charge is 2.16. The van der Waals surface area contributed by atoms with Gasteiger partial charge in [0, 0.05) is 16.1 Å². The summed E-state index contributed by atoms with van der Waals surface area (Å²) in [6.45, 7) is 0. The first-order valence-corrected chi connectivity index (χ1v) is 7.44. The third-order valence-corrected chi connectivity index (χ3v) is 4.45. The van der Waals surface area contributed by atoms with Crippen molar-refractivity contribution in [1.82, 2.24) is 4.98 Å². The predicted octanol–water partition coefficient (Wildman–Crippen LogP) is 2.56. The van der Waals surface area contributed by atoms with Gasteiger partial charge >= 0.3 is 0 Å². The van der Waals surface area contributed by atoms with Crippen LogP contribution in [0.25, 0.3) is 0 Å². The molecule has 20 heavy (non-hydrogen) atoms. The van der Waals surface area contributed by atoms with E-state index in [1.54, 1.807) is 35.6 Å². The van der Waals surface area contributed by atoms with Gasteiger partial charge in [0.05, 0.1) is 5.69 Å². The molecule has 0 bridgehead atoms. The van der Waals surface area contributed by atoms with E-state index in [-0.39, 0.29) is 5.91 Å². The molecule has 0 atom stereocenters. The second kappa shape index (κ2) is 5.60. The summed E-state index contributed by atoms with van der Waals surface area (Å²) in [5, 5.41) is 3.57. The first-order chi connectivity index (χ1) is 9.76. The zero-order valence-corrected chi connectivity index (χ0v) is 11.8. The molecule has 5 nitrogen and oxygen atoms in total. The van der Waals surface area contributed by atoms with Crippen molar-refractivity contribution in [3.63, 3.8) is 0 Å². The quantitative estimate of drug-likeness (QED) is 0.599. The molecule has 0 fully saturated rings. The highest BCUT2D eigenvalue weighted by Crippen LogP contribution is 2.29. The van der Waals surface area contributed by atoms with Crippen molar-refractivity contribution < 1.29 is 4.79 Å². The molecule has 0 spiro atoms. The van der Waals surface area contributed by atoms with Crippen molar-refractivity contribution in [1.29, 1.82) is 0 Å². The Balaban J connectivity index is 1.73. The van der Waals surface area contributed by atoms with Crippen LogP contribution in [0, 0.1) is 0 Å². The Morgan fingerprint density at radius 3 is 2.65 bits per heavy atom. The third kappa shape index (κ3) is 2.66. The van der Waals surface area contributed by atoms with Gasteiger partial charge in [0.1, 0.15) is 0 Å². The monoisotopic (exact) mass is 288 g/mol. The van der Waals surface area contributed by atoms with Gasteiger partial charge in [-0.3, -0.25) is 16.0 Å². The topological polar surface area (TPSA) is 80.0 Å². The van der Waals surface area contributed by atoms with Crippen LogP contribution in [-0.4, -0.2) is 10.9 Å². The van der Waals surface area contributed by atoms with Gasteiger partial charge in [0.15, 0.2) is 5.13 Å².